The Kier molecular flexibility index (Phi) is 4.12. The van der Waals surface area contributed by atoms with Crippen LogP contribution in [0.1, 0.15) is 27.6 Å². The van der Waals surface area contributed by atoms with Crippen molar-refractivity contribution >= 4 is 35.5 Å². The molecule has 0 atom stereocenters. The number of carbonyl (C=O) groups is 2. The lowest BCUT2D eigenvalue weighted by molar-refractivity contribution is 0.0524. The zero-order valence-electron chi connectivity index (χ0n) is 7.92. The Labute approximate surface area is 96.9 Å². The summed E-state index contributed by atoms with van der Waals surface area (Å²) in [5.41, 5.74) is 0.184. The topological polar surface area (TPSA) is 43.4 Å². The molecule has 0 amide bonds. The third-order valence-electron chi connectivity index (χ3n) is 1.73. The molecule has 1 aromatic rings. The third-order valence-corrected chi connectivity index (χ3v) is 2.54. The van der Waals surface area contributed by atoms with Crippen molar-refractivity contribution in [2.75, 3.05) is 6.61 Å². The van der Waals surface area contributed by atoms with Crippen LogP contribution in [-0.4, -0.2) is 18.9 Å². The van der Waals surface area contributed by atoms with Gasteiger partial charge in [0.15, 0.2) is 6.29 Å². The van der Waals surface area contributed by atoms with E-state index in [1.54, 1.807) is 6.92 Å². The smallest absolute Gasteiger partial charge is 0.340 e. The molecule has 0 bridgehead atoms. The highest BCUT2D eigenvalue weighted by Gasteiger charge is 2.18. The molecule has 0 aliphatic heterocycles. The molecule has 15 heavy (non-hydrogen) atoms. The standard InChI is InChI=1S/C10H8Cl2O3/c1-2-15-10(14)8-6(5-13)3-4-7(11)9(8)12/h3-5H,2H2,1H3. The molecule has 1 aromatic carbocycles. The van der Waals surface area contributed by atoms with Gasteiger partial charge in [0.2, 0.25) is 0 Å². The summed E-state index contributed by atoms with van der Waals surface area (Å²) in [6.07, 6.45) is 0.536. The Morgan fingerprint density at radius 3 is 2.67 bits per heavy atom. The fourth-order valence-corrected chi connectivity index (χ4v) is 1.48. The highest BCUT2D eigenvalue weighted by molar-refractivity contribution is 6.44. The van der Waals surface area contributed by atoms with Crippen LogP contribution in [0.4, 0.5) is 0 Å². The van der Waals surface area contributed by atoms with Crippen molar-refractivity contribution in [2.45, 2.75) is 6.92 Å². The van der Waals surface area contributed by atoms with Crippen LogP contribution < -0.4 is 0 Å². The molecule has 0 unspecified atom stereocenters. The van der Waals surface area contributed by atoms with Gasteiger partial charge in [0.05, 0.1) is 22.2 Å². The summed E-state index contributed by atoms with van der Waals surface area (Å²) in [6, 6.07) is 2.88. The molecule has 0 aliphatic rings. The van der Waals surface area contributed by atoms with Crippen molar-refractivity contribution in [3.8, 4) is 0 Å². The van der Waals surface area contributed by atoms with E-state index in [0.29, 0.717) is 6.29 Å². The first-order valence-electron chi connectivity index (χ1n) is 4.22. The summed E-state index contributed by atoms with van der Waals surface area (Å²) in [7, 11) is 0. The molecule has 3 nitrogen and oxygen atoms in total. The molecule has 80 valence electrons. The Balaban J connectivity index is 3.29. The van der Waals surface area contributed by atoms with Gasteiger partial charge in [-0.25, -0.2) is 4.79 Å². The Hall–Kier alpha value is -1.06. The van der Waals surface area contributed by atoms with Gasteiger partial charge in [-0.1, -0.05) is 23.2 Å². The number of rotatable bonds is 3. The molecule has 5 heteroatoms. The van der Waals surface area contributed by atoms with Crippen LogP contribution in [0.15, 0.2) is 12.1 Å². The Morgan fingerprint density at radius 1 is 1.47 bits per heavy atom. The van der Waals surface area contributed by atoms with Gasteiger partial charge < -0.3 is 4.74 Å². The molecule has 0 fully saturated rings. The molecule has 0 aliphatic carbocycles. The first kappa shape index (κ1) is 12.0. The molecule has 0 saturated heterocycles. The van der Waals surface area contributed by atoms with E-state index < -0.39 is 5.97 Å². The lowest BCUT2D eigenvalue weighted by atomic mass is 10.1. The first-order valence-corrected chi connectivity index (χ1v) is 4.97. The number of hydrogen-bond donors (Lipinski definition) is 0. The van der Waals surface area contributed by atoms with Crippen molar-refractivity contribution in [3.63, 3.8) is 0 Å². The van der Waals surface area contributed by atoms with E-state index in [4.69, 9.17) is 27.9 Å². The van der Waals surface area contributed by atoms with Gasteiger partial charge >= 0.3 is 5.97 Å². The predicted octanol–water partition coefficient (Wildman–Crippen LogP) is 2.98. The third kappa shape index (κ3) is 2.49. The Bertz CT molecular complexity index is 402. The van der Waals surface area contributed by atoms with E-state index >= 15 is 0 Å². The van der Waals surface area contributed by atoms with Gasteiger partial charge in [-0.05, 0) is 19.1 Å². The first-order chi connectivity index (χ1) is 7.11. The number of benzene rings is 1. The van der Waals surface area contributed by atoms with Crippen LogP contribution in [0, 0.1) is 0 Å². The largest absolute Gasteiger partial charge is 0.462 e. The van der Waals surface area contributed by atoms with Gasteiger partial charge in [0.1, 0.15) is 0 Å². The molecule has 0 spiro atoms. The van der Waals surface area contributed by atoms with E-state index in [1.165, 1.54) is 12.1 Å². The lowest BCUT2D eigenvalue weighted by Crippen LogP contribution is -2.09. The van der Waals surface area contributed by atoms with Gasteiger partial charge in [0, 0.05) is 5.56 Å². The van der Waals surface area contributed by atoms with Gasteiger partial charge in [-0.2, -0.15) is 0 Å². The highest BCUT2D eigenvalue weighted by Crippen LogP contribution is 2.28. The van der Waals surface area contributed by atoms with Crippen LogP contribution in [-0.2, 0) is 4.74 Å². The summed E-state index contributed by atoms with van der Waals surface area (Å²) < 4.78 is 4.77. The zero-order chi connectivity index (χ0) is 11.4. The minimum Gasteiger partial charge on any atom is -0.462 e. The van der Waals surface area contributed by atoms with Crippen molar-refractivity contribution < 1.29 is 14.3 Å². The SMILES string of the molecule is CCOC(=O)c1c(C=O)ccc(Cl)c1Cl. The maximum atomic E-state index is 11.5. The fourth-order valence-electron chi connectivity index (χ4n) is 1.07. The molecular formula is C10H8Cl2O3. The number of ether oxygens (including phenoxy) is 1. The van der Waals surface area contributed by atoms with E-state index in [0.717, 1.165) is 0 Å². The fraction of sp³-hybridized carbons (Fsp3) is 0.200. The summed E-state index contributed by atoms with van der Waals surface area (Å²) in [4.78, 5) is 22.2. The monoisotopic (exact) mass is 246 g/mol. The molecule has 0 radical (unpaired) electrons. The normalized spacial score (nSPS) is 9.80. The number of carbonyl (C=O) groups excluding carboxylic acids is 2. The molecule has 0 heterocycles. The lowest BCUT2D eigenvalue weighted by Gasteiger charge is -2.07. The minimum atomic E-state index is -0.646. The maximum Gasteiger partial charge on any atom is 0.340 e. The molecule has 0 saturated carbocycles. The summed E-state index contributed by atoms with van der Waals surface area (Å²) in [6.45, 7) is 1.87. The van der Waals surface area contributed by atoms with Crippen LogP contribution in [0.2, 0.25) is 10.0 Å². The van der Waals surface area contributed by atoms with Gasteiger partial charge in [0.25, 0.3) is 0 Å². The second-order valence-electron chi connectivity index (χ2n) is 2.66. The average molecular weight is 247 g/mol. The van der Waals surface area contributed by atoms with Crippen molar-refractivity contribution in [3.05, 3.63) is 33.3 Å². The van der Waals surface area contributed by atoms with E-state index in [9.17, 15) is 9.59 Å². The molecular weight excluding hydrogens is 239 g/mol. The number of halogens is 2. The zero-order valence-corrected chi connectivity index (χ0v) is 9.43. The number of hydrogen-bond acceptors (Lipinski definition) is 3. The minimum absolute atomic E-state index is 0.0148. The van der Waals surface area contributed by atoms with Crippen LogP contribution >= 0.6 is 23.2 Å². The second-order valence-corrected chi connectivity index (χ2v) is 3.45. The predicted molar refractivity (Wildman–Crippen MR) is 57.8 cm³/mol. The van der Waals surface area contributed by atoms with Crippen molar-refractivity contribution in [1.29, 1.82) is 0 Å². The van der Waals surface area contributed by atoms with Gasteiger partial charge in [-0.3, -0.25) is 4.79 Å². The van der Waals surface area contributed by atoms with Gasteiger partial charge in [-0.15, -0.1) is 0 Å². The maximum absolute atomic E-state index is 11.5. The van der Waals surface area contributed by atoms with E-state index in [1.807, 2.05) is 0 Å². The van der Waals surface area contributed by atoms with Crippen molar-refractivity contribution in [1.82, 2.24) is 0 Å². The summed E-state index contributed by atoms with van der Waals surface area (Å²) in [5.74, 6) is -0.646. The summed E-state index contributed by atoms with van der Waals surface area (Å²) in [5, 5.41) is 0.255. The van der Waals surface area contributed by atoms with Crippen LogP contribution in [0.25, 0.3) is 0 Å². The quantitative estimate of drug-likeness (QED) is 0.609. The second kappa shape index (κ2) is 5.14. The van der Waals surface area contributed by atoms with Crippen LogP contribution in [0.5, 0.6) is 0 Å². The van der Waals surface area contributed by atoms with Crippen molar-refractivity contribution in [2.24, 2.45) is 0 Å². The molecule has 0 N–H and O–H groups in total. The highest BCUT2D eigenvalue weighted by atomic mass is 35.5. The van der Waals surface area contributed by atoms with E-state index in [-0.39, 0.29) is 27.8 Å². The average Bonchev–Trinajstić information content (AvgIpc) is 2.22. The molecule has 0 aromatic heterocycles. The summed E-state index contributed by atoms with van der Waals surface area (Å²) >= 11 is 11.5. The molecule has 1 rings (SSSR count). The Morgan fingerprint density at radius 2 is 2.13 bits per heavy atom. The van der Waals surface area contributed by atoms with E-state index in [2.05, 4.69) is 0 Å². The number of esters is 1. The van der Waals surface area contributed by atoms with Crippen LogP contribution in [0.3, 0.4) is 0 Å². The number of aldehydes is 1.